The zero-order valence-electron chi connectivity index (χ0n) is 46.0. The predicted octanol–water partition coefficient (Wildman–Crippen LogP) is 16.5. The monoisotopic (exact) mass is 763 g/mol. The number of hydrogen-bond donors (Lipinski definition) is 0. The second kappa shape index (κ2) is 13.4. The maximum Gasteiger partial charge on any atom is 0.143 e. The van der Waals surface area contributed by atoms with Gasteiger partial charge in [0.1, 0.15) is 11.2 Å². The van der Waals surface area contributed by atoms with Crippen LogP contribution in [0.3, 0.4) is 0 Å². The summed E-state index contributed by atoms with van der Waals surface area (Å²) in [5, 5.41) is 7.78. The van der Waals surface area contributed by atoms with Gasteiger partial charge in [0.05, 0.1) is 20.6 Å². The Balaban J connectivity index is 1.15. The van der Waals surface area contributed by atoms with Crippen molar-refractivity contribution in [2.45, 2.75) is 0 Å². The van der Waals surface area contributed by atoms with Gasteiger partial charge in [-0.05, 0) is 123 Å². The third-order valence-corrected chi connectivity index (χ3v) is 11.3. The lowest BCUT2D eigenvalue weighted by atomic mass is 9.85. The molecule has 1 heterocycles. The highest BCUT2D eigenvalue weighted by Gasteiger charge is 2.21. The molecule has 0 saturated heterocycles. The minimum atomic E-state index is -0.544. The van der Waals surface area contributed by atoms with Crippen molar-refractivity contribution in [3.05, 3.63) is 218 Å². The van der Waals surface area contributed by atoms with Gasteiger partial charge in [-0.1, -0.05) is 188 Å². The molecular formula is C58H36O. The lowest BCUT2D eigenvalue weighted by Gasteiger charge is -2.18. The van der Waals surface area contributed by atoms with Crippen molar-refractivity contribution < 1.29 is 25.0 Å². The maximum atomic E-state index is 9.00. The van der Waals surface area contributed by atoms with Crippen molar-refractivity contribution in [3.63, 3.8) is 0 Å². The van der Waals surface area contributed by atoms with Crippen molar-refractivity contribution in [2.75, 3.05) is 0 Å². The number of benzene rings is 11. The fourth-order valence-electron chi connectivity index (χ4n) is 8.81. The third-order valence-electron chi connectivity index (χ3n) is 11.3. The van der Waals surface area contributed by atoms with E-state index in [4.69, 9.17) is 25.0 Å². The van der Waals surface area contributed by atoms with E-state index in [2.05, 4.69) is 24.3 Å². The minimum absolute atomic E-state index is 0.0231. The van der Waals surface area contributed by atoms with E-state index in [9.17, 15) is 0 Å². The predicted molar refractivity (Wildman–Crippen MR) is 251 cm³/mol. The molecule has 0 radical (unpaired) electrons. The summed E-state index contributed by atoms with van der Waals surface area (Å²) in [5.41, 5.74) is 4.78. The minimum Gasteiger partial charge on any atom is -0.455 e. The Morgan fingerprint density at radius 2 is 0.831 bits per heavy atom. The van der Waals surface area contributed by atoms with Crippen LogP contribution in [0, 0.1) is 0 Å². The standard InChI is InChI=1S/C58H36O/c1-4-16-37(17-5-1)40-28-31-52-54(36-40)59-58-44(38-18-6-2-7-19-38)32-33-51(57(52)58)53-35-42-34-41(29-30-43(42)45-22-10-11-23-46(45)53)56-49-26-14-12-24-47(49)55(39-20-8-3-9-21-39)48-25-13-15-27-50(48)56/h1-36H/i1D,2D,3D,4D,5D,6D,7D,8D,9D,16D,17D,18D,19D,20D,21D. The second-order valence-corrected chi connectivity index (χ2v) is 14.4. The fraction of sp³-hybridized carbons (Fsp3) is 0. The molecule has 11 aromatic carbocycles. The molecule has 1 nitrogen and oxygen atoms in total. The Kier molecular flexibility index (Phi) is 4.94. The SMILES string of the molecule is [2H]c1c([2H])c([2H])c(-c2ccc3c(c2)oc2c(-c4c([2H])c([2H])c([2H])c([2H])c4[2H])ccc(-c4cc5cc(-c6c7ccccc7c(-c7c([2H])c([2H])c([2H])c([2H])c7[2H])c7ccccc67)ccc5c5ccccc45)c23)c([2H])c1[2H]. The number of fused-ring (bicyclic) bond motifs is 8. The number of rotatable bonds is 5. The highest BCUT2D eigenvalue weighted by Crippen LogP contribution is 2.48. The highest BCUT2D eigenvalue weighted by atomic mass is 16.3. The topological polar surface area (TPSA) is 13.1 Å². The molecular weight excluding hydrogens is 713 g/mol. The largest absolute Gasteiger partial charge is 0.455 e. The van der Waals surface area contributed by atoms with Crippen LogP contribution >= 0.6 is 0 Å². The van der Waals surface area contributed by atoms with Crippen molar-refractivity contribution in [1.82, 2.24) is 0 Å². The molecule has 0 N–H and O–H groups in total. The van der Waals surface area contributed by atoms with Crippen LogP contribution in [0.1, 0.15) is 20.6 Å². The molecule has 0 amide bonds. The molecule has 0 unspecified atom stereocenters. The average Bonchev–Trinajstić information content (AvgIpc) is 3.81. The van der Waals surface area contributed by atoms with Crippen molar-refractivity contribution >= 4 is 65.0 Å². The zero-order chi connectivity index (χ0) is 51.9. The summed E-state index contributed by atoms with van der Waals surface area (Å²) in [4.78, 5) is 0. The summed E-state index contributed by atoms with van der Waals surface area (Å²) in [6.07, 6.45) is 0. The first-order valence-electron chi connectivity index (χ1n) is 26.6. The molecule has 12 aromatic rings. The van der Waals surface area contributed by atoms with Crippen LogP contribution in [0.2, 0.25) is 0 Å². The van der Waals surface area contributed by atoms with Gasteiger partial charge in [-0.15, -0.1) is 0 Å². The van der Waals surface area contributed by atoms with Gasteiger partial charge in [-0.25, -0.2) is 0 Å². The second-order valence-electron chi connectivity index (χ2n) is 14.4. The van der Waals surface area contributed by atoms with E-state index >= 15 is 0 Å². The van der Waals surface area contributed by atoms with E-state index in [0.29, 0.717) is 38.2 Å². The Morgan fingerprint density at radius 1 is 0.322 bits per heavy atom. The third kappa shape index (κ3) is 5.33. The Bertz CT molecular complexity index is 4360. The van der Waals surface area contributed by atoms with Gasteiger partial charge in [0.25, 0.3) is 0 Å². The van der Waals surface area contributed by atoms with Crippen LogP contribution in [0.4, 0.5) is 0 Å². The Morgan fingerprint density at radius 3 is 1.47 bits per heavy atom. The molecule has 0 aliphatic heterocycles. The van der Waals surface area contributed by atoms with E-state index in [1.165, 1.54) is 0 Å². The molecule has 1 aromatic heterocycles. The van der Waals surface area contributed by atoms with E-state index < -0.39 is 66.5 Å². The maximum absolute atomic E-state index is 9.00. The van der Waals surface area contributed by atoms with Gasteiger partial charge >= 0.3 is 0 Å². The molecule has 1 heteroatoms. The molecule has 0 aliphatic carbocycles. The lowest BCUT2D eigenvalue weighted by molar-refractivity contribution is 0.670. The molecule has 274 valence electrons. The summed E-state index contributed by atoms with van der Waals surface area (Å²) in [5.74, 6) is 0. The Hall–Kier alpha value is -7.74. The first-order chi connectivity index (χ1) is 35.5. The number of hydrogen-bond acceptors (Lipinski definition) is 1. The first-order valence-corrected chi connectivity index (χ1v) is 19.1. The van der Waals surface area contributed by atoms with Gasteiger partial charge in [0.2, 0.25) is 0 Å². The van der Waals surface area contributed by atoms with Gasteiger partial charge in [0.15, 0.2) is 0 Å². The molecule has 59 heavy (non-hydrogen) atoms. The van der Waals surface area contributed by atoms with Crippen LogP contribution in [0.15, 0.2) is 222 Å². The molecule has 12 rings (SSSR count). The molecule has 0 saturated carbocycles. The lowest BCUT2D eigenvalue weighted by Crippen LogP contribution is -1.91. The first kappa shape index (κ1) is 21.7. The van der Waals surface area contributed by atoms with Crippen molar-refractivity contribution in [1.29, 1.82) is 0 Å². The fourth-order valence-corrected chi connectivity index (χ4v) is 8.81. The van der Waals surface area contributed by atoms with Crippen molar-refractivity contribution in [2.24, 2.45) is 0 Å². The Labute approximate surface area is 363 Å². The molecule has 0 bridgehead atoms. The quantitative estimate of drug-likeness (QED) is 0.126. The van der Waals surface area contributed by atoms with Gasteiger partial charge < -0.3 is 4.42 Å². The van der Waals surface area contributed by atoms with Crippen LogP contribution in [-0.4, -0.2) is 0 Å². The normalized spacial score (nSPS) is 15.3. The van der Waals surface area contributed by atoms with E-state index in [0.717, 1.165) is 49.0 Å². The summed E-state index contributed by atoms with van der Waals surface area (Å²) in [6, 6.07) is 33.6. The van der Waals surface area contributed by atoms with Gasteiger partial charge in [0, 0.05) is 16.3 Å². The molecule has 0 aliphatic rings. The zero-order valence-corrected chi connectivity index (χ0v) is 31.0. The van der Waals surface area contributed by atoms with E-state index in [1.54, 1.807) is 24.3 Å². The van der Waals surface area contributed by atoms with Gasteiger partial charge in [-0.3, -0.25) is 0 Å². The summed E-state index contributed by atoms with van der Waals surface area (Å²) in [7, 11) is 0. The van der Waals surface area contributed by atoms with E-state index in [-0.39, 0.29) is 57.6 Å². The summed E-state index contributed by atoms with van der Waals surface area (Å²) in [6.45, 7) is 0. The summed E-state index contributed by atoms with van der Waals surface area (Å²) < 4.78 is 136. The molecule has 0 fully saturated rings. The number of furan rings is 1. The van der Waals surface area contributed by atoms with Crippen molar-refractivity contribution in [3.8, 4) is 55.6 Å². The van der Waals surface area contributed by atoms with E-state index in [1.807, 2.05) is 78.9 Å². The average molecular weight is 764 g/mol. The van der Waals surface area contributed by atoms with Gasteiger partial charge in [-0.2, -0.15) is 0 Å². The summed E-state index contributed by atoms with van der Waals surface area (Å²) >= 11 is 0. The van der Waals surface area contributed by atoms with Crippen LogP contribution in [0.25, 0.3) is 121 Å². The molecule has 0 spiro atoms. The molecule has 0 atom stereocenters. The highest BCUT2D eigenvalue weighted by molar-refractivity contribution is 6.24. The van der Waals surface area contributed by atoms with Crippen LogP contribution < -0.4 is 0 Å². The van der Waals surface area contributed by atoms with Crippen LogP contribution in [0.5, 0.6) is 0 Å². The van der Waals surface area contributed by atoms with Crippen LogP contribution in [-0.2, 0) is 0 Å². The smallest absolute Gasteiger partial charge is 0.143 e.